The predicted molar refractivity (Wildman–Crippen MR) is 116 cm³/mol. The van der Waals surface area contributed by atoms with Crippen LogP contribution in [0.5, 0.6) is 0 Å². The Labute approximate surface area is 178 Å². The van der Waals surface area contributed by atoms with E-state index in [0.29, 0.717) is 11.9 Å². The minimum absolute atomic E-state index is 0.217. The second-order valence-corrected chi connectivity index (χ2v) is 8.91. The summed E-state index contributed by atoms with van der Waals surface area (Å²) in [4.78, 5) is 31.9. The summed E-state index contributed by atoms with van der Waals surface area (Å²) in [6.07, 6.45) is 11.2. The van der Waals surface area contributed by atoms with E-state index in [1.807, 2.05) is 35.6 Å². The fourth-order valence-corrected chi connectivity index (χ4v) is 4.94. The lowest BCUT2D eigenvalue weighted by molar-refractivity contribution is -0.145. The van der Waals surface area contributed by atoms with Crippen molar-refractivity contribution in [3.05, 3.63) is 36.9 Å². The minimum atomic E-state index is -0.260. The fraction of sp³-hybridized carbons (Fsp3) is 0.409. The monoisotopic (exact) mass is 416 g/mol. The van der Waals surface area contributed by atoms with E-state index in [-0.39, 0.29) is 11.5 Å². The van der Waals surface area contributed by atoms with Crippen molar-refractivity contribution in [2.24, 2.45) is 5.41 Å². The van der Waals surface area contributed by atoms with Gasteiger partial charge in [0.05, 0.1) is 17.3 Å². The molecule has 4 aromatic heterocycles. The number of carbonyl (C=O) groups excluding carboxylic acids is 1. The highest BCUT2D eigenvalue weighted by Gasteiger charge is 2.48. The number of hydrogen-bond acceptors (Lipinski definition) is 6. The van der Waals surface area contributed by atoms with Crippen molar-refractivity contribution in [1.29, 1.82) is 0 Å². The largest absolute Gasteiger partial charge is 0.351 e. The van der Waals surface area contributed by atoms with Crippen LogP contribution < -0.4 is 5.32 Å². The lowest BCUT2D eigenvalue weighted by atomic mass is 9.66. The molecule has 0 radical (unpaired) electrons. The van der Waals surface area contributed by atoms with Gasteiger partial charge in [0.1, 0.15) is 5.65 Å². The van der Waals surface area contributed by atoms with Crippen LogP contribution in [0.3, 0.4) is 0 Å². The second kappa shape index (κ2) is 6.76. The van der Waals surface area contributed by atoms with Gasteiger partial charge in [0.25, 0.3) is 0 Å². The molecule has 5 heterocycles. The van der Waals surface area contributed by atoms with Gasteiger partial charge in [-0.15, -0.1) is 0 Å². The number of nitrogens with zero attached hydrogens (tertiary/aromatic N) is 6. The van der Waals surface area contributed by atoms with Crippen LogP contribution in [0.4, 0.5) is 5.95 Å². The van der Waals surface area contributed by atoms with Crippen molar-refractivity contribution in [2.75, 3.05) is 18.4 Å². The summed E-state index contributed by atoms with van der Waals surface area (Å²) in [5.74, 6) is 0.886. The molecule has 0 unspecified atom stereocenters. The number of anilines is 1. The topological polar surface area (TPSA) is 104 Å². The van der Waals surface area contributed by atoms with Crippen LogP contribution in [-0.4, -0.2) is 59.5 Å². The Kier molecular flexibility index (Phi) is 3.99. The van der Waals surface area contributed by atoms with E-state index >= 15 is 0 Å². The summed E-state index contributed by atoms with van der Waals surface area (Å²) < 4.78 is 1.73. The average molecular weight is 416 g/mol. The Bertz CT molecular complexity index is 1280. The Balaban J connectivity index is 1.18. The third-order valence-electron chi connectivity index (χ3n) is 6.60. The molecular formula is C22H24N8O. The zero-order chi connectivity index (χ0) is 21.0. The van der Waals surface area contributed by atoms with Gasteiger partial charge in [-0.25, -0.2) is 14.5 Å². The van der Waals surface area contributed by atoms with Gasteiger partial charge in [-0.05, 0) is 31.7 Å². The van der Waals surface area contributed by atoms with Crippen LogP contribution in [0.15, 0.2) is 36.9 Å². The Hall–Kier alpha value is -3.49. The van der Waals surface area contributed by atoms with Gasteiger partial charge >= 0.3 is 0 Å². The van der Waals surface area contributed by atoms with Crippen LogP contribution in [0.2, 0.25) is 0 Å². The standard InChI is InChI=1S/C22H24N8O/c1-22(20(31)29-7-2-3-8-29)10-14(11-22)26-21-24-13-16-15(12-23-19(16)28-21)17-5-9-30-18(27-17)4-6-25-30/h4-6,9,12-14H,2-3,7-8,10-11H2,1H3,(H2,23,24,26,28)/t14-,22-. The SMILES string of the molecule is C[C@]1(C(=O)N2CCCC2)C[C@H](Nc2ncc3c(-c4ccn5nccc5n4)c[nH]c3n2)C1. The number of hydrogen-bond donors (Lipinski definition) is 2. The van der Waals surface area contributed by atoms with Crippen molar-refractivity contribution in [3.63, 3.8) is 0 Å². The lowest BCUT2D eigenvalue weighted by Gasteiger charge is -2.45. The van der Waals surface area contributed by atoms with Crippen molar-refractivity contribution in [2.45, 2.75) is 38.6 Å². The molecule has 1 aliphatic heterocycles. The number of fused-ring (bicyclic) bond motifs is 2. The van der Waals surface area contributed by atoms with E-state index in [1.54, 1.807) is 10.7 Å². The van der Waals surface area contributed by atoms with Gasteiger partial charge in [0, 0.05) is 54.7 Å². The van der Waals surface area contributed by atoms with E-state index in [0.717, 1.165) is 66.7 Å². The summed E-state index contributed by atoms with van der Waals surface area (Å²) in [5.41, 5.74) is 3.10. The molecule has 0 aromatic carbocycles. The molecule has 31 heavy (non-hydrogen) atoms. The lowest BCUT2D eigenvalue weighted by Crippen LogP contribution is -2.53. The molecule has 2 N–H and O–H groups in total. The summed E-state index contributed by atoms with van der Waals surface area (Å²) in [5, 5.41) is 8.51. The molecule has 9 heteroatoms. The number of nitrogens with one attached hydrogen (secondary N) is 2. The number of amides is 1. The van der Waals surface area contributed by atoms with Crippen LogP contribution in [0.25, 0.3) is 27.9 Å². The van der Waals surface area contributed by atoms with E-state index in [9.17, 15) is 4.79 Å². The summed E-state index contributed by atoms with van der Waals surface area (Å²) >= 11 is 0. The molecule has 0 bridgehead atoms. The van der Waals surface area contributed by atoms with Crippen molar-refractivity contribution < 1.29 is 4.79 Å². The van der Waals surface area contributed by atoms with Gasteiger partial charge in [-0.3, -0.25) is 4.79 Å². The minimum Gasteiger partial charge on any atom is -0.351 e. The van der Waals surface area contributed by atoms with Gasteiger partial charge in [0.2, 0.25) is 11.9 Å². The first-order valence-corrected chi connectivity index (χ1v) is 10.8. The third kappa shape index (κ3) is 3.03. The summed E-state index contributed by atoms with van der Waals surface area (Å²) in [6.45, 7) is 3.89. The molecule has 1 amide bonds. The highest BCUT2D eigenvalue weighted by Crippen LogP contribution is 2.44. The van der Waals surface area contributed by atoms with Crippen LogP contribution in [0.1, 0.15) is 32.6 Å². The maximum atomic E-state index is 12.8. The molecular weight excluding hydrogens is 392 g/mol. The molecule has 4 aromatic rings. The highest BCUT2D eigenvalue weighted by molar-refractivity contribution is 5.92. The molecule has 158 valence electrons. The summed E-state index contributed by atoms with van der Waals surface area (Å²) in [6, 6.07) is 4.02. The molecule has 1 saturated carbocycles. The maximum Gasteiger partial charge on any atom is 0.228 e. The number of H-pyrrole nitrogens is 1. The van der Waals surface area contributed by atoms with Crippen LogP contribution in [0, 0.1) is 5.41 Å². The first-order chi connectivity index (χ1) is 15.1. The Morgan fingerprint density at radius 1 is 1.23 bits per heavy atom. The van der Waals surface area contributed by atoms with Crippen molar-refractivity contribution in [1.82, 2.24) is 34.4 Å². The molecule has 2 fully saturated rings. The van der Waals surface area contributed by atoms with Crippen LogP contribution >= 0.6 is 0 Å². The zero-order valence-corrected chi connectivity index (χ0v) is 17.4. The smallest absolute Gasteiger partial charge is 0.228 e. The van der Waals surface area contributed by atoms with Gasteiger partial charge < -0.3 is 15.2 Å². The Morgan fingerprint density at radius 2 is 2.06 bits per heavy atom. The van der Waals surface area contributed by atoms with Crippen LogP contribution in [-0.2, 0) is 4.79 Å². The van der Waals surface area contributed by atoms with E-state index < -0.39 is 0 Å². The first-order valence-electron chi connectivity index (χ1n) is 10.8. The second-order valence-electron chi connectivity index (χ2n) is 8.91. The first kappa shape index (κ1) is 18.3. The molecule has 0 spiro atoms. The number of aromatic amines is 1. The number of rotatable bonds is 4. The fourth-order valence-electron chi connectivity index (χ4n) is 4.94. The third-order valence-corrected chi connectivity index (χ3v) is 6.60. The van der Waals surface area contributed by atoms with E-state index in [4.69, 9.17) is 0 Å². The highest BCUT2D eigenvalue weighted by atomic mass is 16.2. The zero-order valence-electron chi connectivity index (χ0n) is 17.4. The molecule has 0 atom stereocenters. The average Bonchev–Trinajstić information content (AvgIpc) is 3.51. The van der Waals surface area contributed by atoms with Gasteiger partial charge in [-0.1, -0.05) is 6.92 Å². The normalized spacial score (nSPS) is 23.4. The molecule has 1 aliphatic carbocycles. The molecule has 2 aliphatic rings. The molecule has 9 nitrogen and oxygen atoms in total. The van der Waals surface area contributed by atoms with Gasteiger partial charge in [-0.2, -0.15) is 10.1 Å². The van der Waals surface area contributed by atoms with E-state index in [2.05, 4.69) is 37.3 Å². The summed E-state index contributed by atoms with van der Waals surface area (Å²) in [7, 11) is 0. The number of likely N-dealkylation sites (tertiary alicyclic amines) is 1. The van der Waals surface area contributed by atoms with Crippen molar-refractivity contribution >= 4 is 28.5 Å². The number of carbonyl (C=O) groups is 1. The molecule has 1 saturated heterocycles. The maximum absolute atomic E-state index is 12.8. The van der Waals surface area contributed by atoms with Gasteiger partial charge in [0.15, 0.2) is 5.65 Å². The molecule has 6 rings (SSSR count). The Morgan fingerprint density at radius 3 is 2.90 bits per heavy atom. The number of aromatic nitrogens is 6. The predicted octanol–water partition coefficient (Wildman–Crippen LogP) is 2.87. The van der Waals surface area contributed by atoms with Crippen molar-refractivity contribution in [3.8, 4) is 11.3 Å². The van der Waals surface area contributed by atoms with E-state index in [1.165, 1.54) is 0 Å². The quantitative estimate of drug-likeness (QED) is 0.530.